The van der Waals surface area contributed by atoms with Crippen molar-refractivity contribution in [2.45, 2.75) is 0 Å². The van der Waals surface area contributed by atoms with Gasteiger partial charge in [0.05, 0.1) is 17.4 Å². The smallest absolute Gasteiger partial charge is 0.292 e. The number of benzene rings is 1. The van der Waals surface area contributed by atoms with E-state index in [0.29, 0.717) is 5.75 Å². The zero-order chi connectivity index (χ0) is 12.4. The summed E-state index contributed by atoms with van der Waals surface area (Å²) in [4.78, 5) is 7.39. The number of rotatable bonds is 2. The van der Waals surface area contributed by atoms with Gasteiger partial charge in [0.15, 0.2) is 5.75 Å². The normalized spacial score (nSPS) is 10.2. The molecule has 2 heterocycles. The van der Waals surface area contributed by atoms with Crippen molar-refractivity contribution in [2.24, 2.45) is 0 Å². The van der Waals surface area contributed by atoms with Gasteiger partial charge in [-0.05, 0) is 6.07 Å². The minimum atomic E-state index is 0.520. The molecule has 0 atom stereocenters. The lowest BCUT2D eigenvalue weighted by molar-refractivity contribution is 0.513. The molecule has 4 nitrogen and oxygen atoms in total. The molecule has 0 unspecified atom stereocenters. The van der Waals surface area contributed by atoms with Crippen LogP contribution in [0, 0.1) is 11.5 Å². The molecule has 0 fully saturated rings. The van der Waals surface area contributed by atoms with Crippen molar-refractivity contribution in [1.82, 2.24) is 9.97 Å². The molecule has 0 radical (unpaired) electrons. The maximum Gasteiger partial charge on any atom is 0.292 e. The molecule has 2 aromatic heterocycles. The van der Waals surface area contributed by atoms with E-state index in [1.165, 1.54) is 0 Å². The summed E-state index contributed by atoms with van der Waals surface area (Å²) in [5.74, 6) is 0.520. The first kappa shape index (κ1) is 10.4. The van der Waals surface area contributed by atoms with Crippen LogP contribution in [-0.4, -0.2) is 9.97 Å². The van der Waals surface area contributed by atoms with E-state index in [1.807, 2.05) is 36.4 Å². The standard InChI is InChI=1S/C14H9N3O/c15-9-18-14-8-17-13-7-16-12(6-11(13)14)10-4-2-1-3-5-10/h1-8,17H. The van der Waals surface area contributed by atoms with Gasteiger partial charge in [-0.25, -0.2) is 0 Å². The molecule has 86 valence electrons. The van der Waals surface area contributed by atoms with E-state index in [9.17, 15) is 0 Å². The molecule has 3 aromatic rings. The quantitative estimate of drug-likeness (QED) is 0.694. The first-order valence-electron chi connectivity index (χ1n) is 5.47. The molecule has 4 heteroatoms. The van der Waals surface area contributed by atoms with Gasteiger partial charge < -0.3 is 9.72 Å². The summed E-state index contributed by atoms with van der Waals surface area (Å²) in [6, 6.07) is 11.8. The second-order valence-electron chi connectivity index (χ2n) is 3.83. The van der Waals surface area contributed by atoms with Crippen molar-refractivity contribution >= 4 is 10.9 Å². The summed E-state index contributed by atoms with van der Waals surface area (Å²) in [7, 11) is 0. The molecule has 0 bridgehead atoms. The highest BCUT2D eigenvalue weighted by molar-refractivity contribution is 5.88. The van der Waals surface area contributed by atoms with Gasteiger partial charge in [0.2, 0.25) is 0 Å². The molecule has 1 aromatic carbocycles. The minimum Gasteiger partial charge on any atom is -0.386 e. The van der Waals surface area contributed by atoms with Gasteiger partial charge in [-0.1, -0.05) is 30.3 Å². The number of aromatic amines is 1. The summed E-state index contributed by atoms with van der Waals surface area (Å²) in [6.07, 6.45) is 5.08. The third-order valence-electron chi connectivity index (χ3n) is 2.75. The Hall–Kier alpha value is -2.80. The number of hydrogen-bond donors (Lipinski definition) is 1. The molecular weight excluding hydrogens is 226 g/mol. The number of nitrogens with one attached hydrogen (secondary N) is 1. The lowest BCUT2D eigenvalue weighted by atomic mass is 10.1. The predicted molar refractivity (Wildman–Crippen MR) is 67.8 cm³/mol. The van der Waals surface area contributed by atoms with Crippen LogP contribution >= 0.6 is 0 Å². The fraction of sp³-hybridized carbons (Fsp3) is 0. The van der Waals surface area contributed by atoms with Crippen LogP contribution in [0.4, 0.5) is 0 Å². The lowest BCUT2D eigenvalue weighted by Crippen LogP contribution is -1.84. The monoisotopic (exact) mass is 235 g/mol. The summed E-state index contributed by atoms with van der Waals surface area (Å²) in [6.45, 7) is 0. The van der Waals surface area contributed by atoms with E-state index < -0.39 is 0 Å². The van der Waals surface area contributed by atoms with Gasteiger partial charge in [-0.3, -0.25) is 4.98 Å². The fourth-order valence-corrected chi connectivity index (χ4v) is 1.90. The highest BCUT2D eigenvalue weighted by atomic mass is 16.5. The second kappa shape index (κ2) is 4.22. The molecule has 0 saturated heterocycles. The Morgan fingerprint density at radius 1 is 1.22 bits per heavy atom. The highest BCUT2D eigenvalue weighted by Crippen LogP contribution is 2.28. The zero-order valence-corrected chi connectivity index (χ0v) is 9.42. The third kappa shape index (κ3) is 1.68. The SMILES string of the molecule is N#COc1c[nH]c2cnc(-c3ccccc3)cc12. The van der Waals surface area contributed by atoms with E-state index in [2.05, 4.69) is 9.97 Å². The van der Waals surface area contributed by atoms with Gasteiger partial charge in [-0.15, -0.1) is 5.26 Å². The van der Waals surface area contributed by atoms with Gasteiger partial charge in [0, 0.05) is 17.1 Å². The van der Waals surface area contributed by atoms with Crippen molar-refractivity contribution in [3.63, 3.8) is 0 Å². The van der Waals surface area contributed by atoms with Crippen LogP contribution in [0.15, 0.2) is 48.8 Å². The van der Waals surface area contributed by atoms with Crippen LogP contribution in [0.5, 0.6) is 5.75 Å². The summed E-state index contributed by atoms with van der Waals surface area (Å²) < 4.78 is 4.90. The first-order chi connectivity index (χ1) is 8.88. The Kier molecular flexibility index (Phi) is 2.43. The second-order valence-corrected chi connectivity index (χ2v) is 3.83. The number of hydrogen-bond acceptors (Lipinski definition) is 3. The van der Waals surface area contributed by atoms with Crippen molar-refractivity contribution in [1.29, 1.82) is 5.26 Å². The van der Waals surface area contributed by atoms with Gasteiger partial charge >= 0.3 is 0 Å². The van der Waals surface area contributed by atoms with Crippen LogP contribution < -0.4 is 4.74 Å². The van der Waals surface area contributed by atoms with E-state index in [0.717, 1.165) is 22.2 Å². The Labute approximate surface area is 103 Å². The summed E-state index contributed by atoms with van der Waals surface area (Å²) in [5, 5.41) is 9.43. The zero-order valence-electron chi connectivity index (χ0n) is 9.42. The van der Waals surface area contributed by atoms with E-state index >= 15 is 0 Å². The number of ether oxygens (including phenoxy) is 1. The molecule has 0 aliphatic rings. The fourth-order valence-electron chi connectivity index (χ4n) is 1.90. The van der Waals surface area contributed by atoms with Crippen LogP contribution in [0.3, 0.4) is 0 Å². The van der Waals surface area contributed by atoms with Crippen LogP contribution in [0.1, 0.15) is 0 Å². The number of H-pyrrole nitrogens is 1. The summed E-state index contributed by atoms with van der Waals surface area (Å²) >= 11 is 0. The summed E-state index contributed by atoms with van der Waals surface area (Å²) in [5.41, 5.74) is 2.73. The maximum absolute atomic E-state index is 8.58. The predicted octanol–water partition coefficient (Wildman–Crippen LogP) is 3.09. The molecule has 0 aliphatic heterocycles. The average molecular weight is 235 g/mol. The number of aromatic nitrogens is 2. The van der Waals surface area contributed by atoms with E-state index in [1.54, 1.807) is 18.6 Å². The highest BCUT2D eigenvalue weighted by Gasteiger charge is 2.07. The Bertz CT molecular complexity index is 726. The Balaban J connectivity index is 2.16. The molecule has 0 saturated carbocycles. The topological polar surface area (TPSA) is 61.7 Å². The largest absolute Gasteiger partial charge is 0.386 e. The van der Waals surface area contributed by atoms with Gasteiger partial charge in [0.25, 0.3) is 6.26 Å². The van der Waals surface area contributed by atoms with Gasteiger partial charge in [0.1, 0.15) is 0 Å². The van der Waals surface area contributed by atoms with Crippen molar-refractivity contribution in [3.05, 3.63) is 48.8 Å². The maximum atomic E-state index is 8.58. The van der Waals surface area contributed by atoms with E-state index in [-0.39, 0.29) is 0 Å². The molecule has 0 spiro atoms. The lowest BCUT2D eigenvalue weighted by Gasteiger charge is -2.01. The molecule has 3 rings (SSSR count). The molecule has 0 amide bonds. The Morgan fingerprint density at radius 2 is 2.06 bits per heavy atom. The van der Waals surface area contributed by atoms with Crippen molar-refractivity contribution in [3.8, 4) is 23.3 Å². The number of pyridine rings is 1. The van der Waals surface area contributed by atoms with Crippen LogP contribution in [-0.2, 0) is 0 Å². The average Bonchev–Trinajstić information content (AvgIpc) is 2.83. The number of nitriles is 1. The van der Waals surface area contributed by atoms with Crippen molar-refractivity contribution in [2.75, 3.05) is 0 Å². The molecule has 1 N–H and O–H groups in total. The molecular formula is C14H9N3O. The molecule has 18 heavy (non-hydrogen) atoms. The number of fused-ring (bicyclic) bond motifs is 1. The first-order valence-corrected chi connectivity index (χ1v) is 5.47. The molecule has 0 aliphatic carbocycles. The minimum absolute atomic E-state index is 0.520. The van der Waals surface area contributed by atoms with E-state index in [4.69, 9.17) is 10.00 Å². The van der Waals surface area contributed by atoms with Crippen LogP contribution in [0.2, 0.25) is 0 Å². The third-order valence-corrected chi connectivity index (χ3v) is 2.75. The number of nitrogens with zero attached hydrogens (tertiary/aromatic N) is 2. The Morgan fingerprint density at radius 3 is 2.83 bits per heavy atom. The van der Waals surface area contributed by atoms with Crippen LogP contribution in [0.25, 0.3) is 22.2 Å². The van der Waals surface area contributed by atoms with Gasteiger partial charge in [-0.2, -0.15) is 0 Å². The van der Waals surface area contributed by atoms with Crippen molar-refractivity contribution < 1.29 is 4.74 Å².